The number of hydrogen-bond acceptors (Lipinski definition) is 7. The standard InChI is InChI=1S/C16H20N4O4/c1-22-12-9-11(16(23-2)15-14(12)17-3-4-18-15)19-13(21)10-20-5-7-24-8-6-20/h3-4,9H,5-8,10H2,1-2H3,(H,19,21). The van der Waals surface area contributed by atoms with Gasteiger partial charge in [-0.15, -0.1) is 0 Å². The highest BCUT2D eigenvalue weighted by Crippen LogP contribution is 2.37. The average Bonchev–Trinajstić information content (AvgIpc) is 2.61. The molecule has 24 heavy (non-hydrogen) atoms. The maximum Gasteiger partial charge on any atom is 0.238 e. The van der Waals surface area contributed by atoms with Gasteiger partial charge < -0.3 is 19.5 Å². The first-order valence-electron chi connectivity index (χ1n) is 7.68. The third-order valence-electron chi connectivity index (χ3n) is 3.84. The van der Waals surface area contributed by atoms with Crippen LogP contribution in [0.3, 0.4) is 0 Å². The highest BCUT2D eigenvalue weighted by molar-refractivity contribution is 6.00. The Balaban J connectivity index is 1.86. The second kappa shape index (κ2) is 7.41. The molecule has 0 unspecified atom stereocenters. The number of nitrogens with zero attached hydrogens (tertiary/aromatic N) is 3. The minimum absolute atomic E-state index is 0.125. The lowest BCUT2D eigenvalue weighted by molar-refractivity contribution is -0.118. The number of aromatic nitrogens is 2. The van der Waals surface area contributed by atoms with Crippen molar-refractivity contribution in [1.29, 1.82) is 0 Å². The maximum atomic E-state index is 12.4. The number of carbonyl (C=O) groups is 1. The number of hydrogen-bond donors (Lipinski definition) is 1. The van der Waals surface area contributed by atoms with E-state index in [2.05, 4.69) is 15.3 Å². The normalized spacial score (nSPS) is 15.2. The minimum Gasteiger partial charge on any atom is -0.494 e. The number of amides is 1. The Morgan fingerprint density at radius 1 is 1.21 bits per heavy atom. The number of rotatable bonds is 5. The van der Waals surface area contributed by atoms with Crippen molar-refractivity contribution in [2.24, 2.45) is 0 Å². The molecule has 0 bridgehead atoms. The predicted molar refractivity (Wildman–Crippen MR) is 88.5 cm³/mol. The first-order valence-corrected chi connectivity index (χ1v) is 7.68. The summed E-state index contributed by atoms with van der Waals surface area (Å²) in [6, 6.07) is 1.70. The molecule has 2 aromatic rings. The highest BCUT2D eigenvalue weighted by atomic mass is 16.5. The number of methoxy groups -OCH3 is 2. The van der Waals surface area contributed by atoms with Crippen LogP contribution >= 0.6 is 0 Å². The lowest BCUT2D eigenvalue weighted by Crippen LogP contribution is -2.41. The van der Waals surface area contributed by atoms with Gasteiger partial charge in [0.15, 0.2) is 5.75 Å². The third kappa shape index (κ3) is 3.39. The number of anilines is 1. The zero-order chi connectivity index (χ0) is 16.9. The molecule has 1 aliphatic rings. The van der Waals surface area contributed by atoms with E-state index in [1.807, 2.05) is 4.90 Å². The van der Waals surface area contributed by atoms with E-state index in [1.54, 1.807) is 25.6 Å². The average molecular weight is 332 g/mol. The summed E-state index contributed by atoms with van der Waals surface area (Å²) in [5, 5.41) is 2.88. The molecule has 0 radical (unpaired) electrons. The first-order chi connectivity index (χ1) is 11.7. The molecule has 0 saturated carbocycles. The van der Waals surface area contributed by atoms with E-state index in [4.69, 9.17) is 14.2 Å². The van der Waals surface area contributed by atoms with Crippen LogP contribution in [0.4, 0.5) is 5.69 Å². The molecule has 1 fully saturated rings. The van der Waals surface area contributed by atoms with Crippen molar-refractivity contribution >= 4 is 22.6 Å². The molecule has 8 nitrogen and oxygen atoms in total. The molecule has 0 atom stereocenters. The van der Waals surface area contributed by atoms with Gasteiger partial charge in [-0.1, -0.05) is 0 Å². The van der Waals surface area contributed by atoms with Gasteiger partial charge >= 0.3 is 0 Å². The van der Waals surface area contributed by atoms with Crippen LogP contribution < -0.4 is 14.8 Å². The van der Waals surface area contributed by atoms with E-state index in [-0.39, 0.29) is 5.91 Å². The lowest BCUT2D eigenvalue weighted by atomic mass is 10.2. The molecular weight excluding hydrogens is 312 g/mol. The van der Waals surface area contributed by atoms with Crippen molar-refractivity contribution in [3.63, 3.8) is 0 Å². The maximum absolute atomic E-state index is 12.4. The van der Waals surface area contributed by atoms with Crippen molar-refractivity contribution < 1.29 is 19.0 Å². The van der Waals surface area contributed by atoms with E-state index < -0.39 is 0 Å². The van der Waals surface area contributed by atoms with Gasteiger partial charge in [-0.05, 0) is 0 Å². The van der Waals surface area contributed by atoms with Gasteiger partial charge in [0.1, 0.15) is 16.8 Å². The summed E-state index contributed by atoms with van der Waals surface area (Å²) in [4.78, 5) is 23.0. The fourth-order valence-corrected chi connectivity index (χ4v) is 2.68. The van der Waals surface area contributed by atoms with E-state index in [9.17, 15) is 4.79 Å². The predicted octanol–water partition coefficient (Wildman–Crippen LogP) is 0.918. The number of carbonyl (C=O) groups excluding carboxylic acids is 1. The van der Waals surface area contributed by atoms with Crippen LogP contribution in [0.2, 0.25) is 0 Å². The molecular formula is C16H20N4O4. The Hall–Kier alpha value is -2.45. The largest absolute Gasteiger partial charge is 0.494 e. The van der Waals surface area contributed by atoms with Gasteiger partial charge in [0.05, 0.1) is 39.7 Å². The summed E-state index contributed by atoms with van der Waals surface area (Å²) in [6.07, 6.45) is 3.16. The molecule has 1 saturated heterocycles. The van der Waals surface area contributed by atoms with E-state index in [0.29, 0.717) is 48.0 Å². The molecule has 1 aromatic carbocycles. The van der Waals surface area contributed by atoms with Crippen LogP contribution in [0.25, 0.3) is 11.0 Å². The van der Waals surface area contributed by atoms with Gasteiger partial charge in [0.25, 0.3) is 0 Å². The number of ether oxygens (including phenoxy) is 3. The molecule has 0 aliphatic carbocycles. The van der Waals surface area contributed by atoms with Crippen LogP contribution in [0.5, 0.6) is 11.5 Å². The molecule has 128 valence electrons. The van der Waals surface area contributed by atoms with E-state index >= 15 is 0 Å². The van der Waals surface area contributed by atoms with Crippen molar-refractivity contribution in [3.8, 4) is 11.5 Å². The Bertz CT molecular complexity index is 731. The summed E-state index contributed by atoms with van der Waals surface area (Å²) >= 11 is 0. The Morgan fingerprint density at radius 2 is 1.92 bits per heavy atom. The van der Waals surface area contributed by atoms with Gasteiger partial charge in [0, 0.05) is 31.5 Å². The lowest BCUT2D eigenvalue weighted by Gasteiger charge is -2.26. The summed E-state index contributed by atoms with van der Waals surface area (Å²) in [5.41, 5.74) is 1.64. The number of benzene rings is 1. The SMILES string of the molecule is COc1cc(NC(=O)CN2CCOCC2)c(OC)c2nccnc12. The molecule has 2 heterocycles. The quantitative estimate of drug-likeness (QED) is 0.871. The van der Waals surface area contributed by atoms with Crippen LogP contribution in [0.15, 0.2) is 18.5 Å². The smallest absolute Gasteiger partial charge is 0.238 e. The third-order valence-corrected chi connectivity index (χ3v) is 3.84. The number of nitrogens with one attached hydrogen (secondary N) is 1. The molecule has 1 N–H and O–H groups in total. The fourth-order valence-electron chi connectivity index (χ4n) is 2.68. The summed E-state index contributed by atoms with van der Waals surface area (Å²) in [5.74, 6) is 0.871. The Morgan fingerprint density at radius 3 is 2.58 bits per heavy atom. The Labute approximate surface area is 139 Å². The van der Waals surface area contributed by atoms with E-state index in [1.165, 1.54) is 7.11 Å². The second-order valence-electron chi connectivity index (χ2n) is 5.35. The van der Waals surface area contributed by atoms with Crippen LogP contribution in [0, 0.1) is 0 Å². The van der Waals surface area contributed by atoms with Gasteiger partial charge in [-0.25, -0.2) is 9.97 Å². The minimum atomic E-state index is -0.125. The van der Waals surface area contributed by atoms with Gasteiger partial charge in [0.2, 0.25) is 5.91 Å². The van der Waals surface area contributed by atoms with Crippen LogP contribution in [0.1, 0.15) is 0 Å². The molecule has 0 spiro atoms. The highest BCUT2D eigenvalue weighted by Gasteiger charge is 2.19. The second-order valence-corrected chi connectivity index (χ2v) is 5.35. The molecule has 1 aliphatic heterocycles. The number of fused-ring (bicyclic) bond motifs is 1. The fraction of sp³-hybridized carbons (Fsp3) is 0.438. The van der Waals surface area contributed by atoms with Crippen LogP contribution in [-0.2, 0) is 9.53 Å². The van der Waals surface area contributed by atoms with Crippen molar-refractivity contribution in [1.82, 2.24) is 14.9 Å². The van der Waals surface area contributed by atoms with E-state index in [0.717, 1.165) is 13.1 Å². The van der Waals surface area contributed by atoms with Crippen molar-refractivity contribution in [2.75, 3.05) is 52.4 Å². The zero-order valence-corrected chi connectivity index (χ0v) is 13.7. The molecule has 8 heteroatoms. The van der Waals surface area contributed by atoms with Crippen LogP contribution in [-0.4, -0.2) is 67.8 Å². The molecule has 1 aromatic heterocycles. The first kappa shape index (κ1) is 16.4. The number of morpholine rings is 1. The molecule has 3 rings (SSSR count). The van der Waals surface area contributed by atoms with Gasteiger partial charge in [-0.3, -0.25) is 9.69 Å². The van der Waals surface area contributed by atoms with Gasteiger partial charge in [-0.2, -0.15) is 0 Å². The summed E-state index contributed by atoms with van der Waals surface area (Å²) in [6.45, 7) is 3.09. The van der Waals surface area contributed by atoms with Crippen molar-refractivity contribution in [2.45, 2.75) is 0 Å². The topological polar surface area (TPSA) is 85.8 Å². The zero-order valence-electron chi connectivity index (χ0n) is 13.7. The summed E-state index contributed by atoms with van der Waals surface area (Å²) in [7, 11) is 3.09. The Kier molecular flexibility index (Phi) is 5.07. The monoisotopic (exact) mass is 332 g/mol. The summed E-state index contributed by atoms with van der Waals surface area (Å²) < 4.78 is 16.1. The molecule has 1 amide bonds. The van der Waals surface area contributed by atoms with Crippen molar-refractivity contribution in [3.05, 3.63) is 18.5 Å².